The number of methoxy groups -OCH3 is 1. The van der Waals surface area contributed by atoms with Crippen LogP contribution in [-0.2, 0) is 4.74 Å². The van der Waals surface area contributed by atoms with E-state index < -0.39 is 0 Å². The Balaban J connectivity index is 1.93. The monoisotopic (exact) mass is 227 g/mol. The first-order valence-corrected chi connectivity index (χ1v) is 6.65. The number of hydrogen-bond acceptors (Lipinski definition) is 3. The average Bonchev–Trinajstić information content (AvgIpc) is 3.08. The highest BCUT2D eigenvalue weighted by atomic mass is 16.5. The molecule has 2 fully saturated rings. The first-order valence-electron chi connectivity index (χ1n) is 6.65. The molecule has 0 spiro atoms. The second-order valence-corrected chi connectivity index (χ2v) is 5.51. The fourth-order valence-electron chi connectivity index (χ4n) is 2.91. The van der Waals surface area contributed by atoms with Gasteiger partial charge in [0.25, 0.3) is 0 Å². The van der Waals surface area contributed by atoms with Gasteiger partial charge in [0.1, 0.15) is 0 Å². The number of aliphatic hydroxyl groups is 1. The zero-order chi connectivity index (χ0) is 11.5. The molecule has 0 radical (unpaired) electrons. The first kappa shape index (κ1) is 12.3. The molecule has 0 amide bonds. The molecule has 2 rings (SSSR count). The standard InChI is InChI=1S/C13H25NO2/c1-10-3-6-13(15)12(9-10)14(7-8-16-2)11-4-5-11/h10-13,15H,3-9H2,1-2H3. The largest absolute Gasteiger partial charge is 0.391 e. The molecule has 3 atom stereocenters. The predicted molar refractivity (Wildman–Crippen MR) is 64.4 cm³/mol. The molecule has 3 unspecified atom stereocenters. The van der Waals surface area contributed by atoms with Gasteiger partial charge < -0.3 is 9.84 Å². The van der Waals surface area contributed by atoms with Crippen LogP contribution in [0.5, 0.6) is 0 Å². The van der Waals surface area contributed by atoms with Crippen LogP contribution in [0.3, 0.4) is 0 Å². The quantitative estimate of drug-likeness (QED) is 0.775. The predicted octanol–water partition coefficient (Wildman–Crippen LogP) is 1.65. The third kappa shape index (κ3) is 2.96. The minimum Gasteiger partial charge on any atom is -0.391 e. The van der Waals surface area contributed by atoms with Gasteiger partial charge in [-0.3, -0.25) is 4.90 Å². The Morgan fingerprint density at radius 3 is 2.62 bits per heavy atom. The van der Waals surface area contributed by atoms with Crippen molar-refractivity contribution in [2.75, 3.05) is 20.3 Å². The van der Waals surface area contributed by atoms with Crippen LogP contribution < -0.4 is 0 Å². The lowest BCUT2D eigenvalue weighted by Crippen LogP contribution is -2.49. The SMILES string of the molecule is COCCN(C1CC1)C1CC(C)CCC1O. The maximum absolute atomic E-state index is 10.2. The molecular formula is C13H25NO2. The summed E-state index contributed by atoms with van der Waals surface area (Å²) in [6, 6.07) is 1.10. The molecule has 0 aliphatic heterocycles. The van der Waals surface area contributed by atoms with Gasteiger partial charge in [-0.2, -0.15) is 0 Å². The van der Waals surface area contributed by atoms with Crippen molar-refractivity contribution in [3.05, 3.63) is 0 Å². The van der Waals surface area contributed by atoms with Crippen molar-refractivity contribution in [1.82, 2.24) is 4.90 Å². The molecular weight excluding hydrogens is 202 g/mol. The van der Waals surface area contributed by atoms with E-state index in [1.807, 2.05) is 0 Å². The van der Waals surface area contributed by atoms with Gasteiger partial charge in [-0.15, -0.1) is 0 Å². The van der Waals surface area contributed by atoms with Crippen LogP contribution in [0.25, 0.3) is 0 Å². The highest BCUT2D eigenvalue weighted by Crippen LogP contribution is 2.35. The van der Waals surface area contributed by atoms with Crippen LogP contribution in [0.2, 0.25) is 0 Å². The van der Waals surface area contributed by atoms with Crippen molar-refractivity contribution in [3.8, 4) is 0 Å². The molecule has 1 N–H and O–H groups in total. The molecule has 0 aromatic rings. The third-order valence-corrected chi connectivity index (χ3v) is 4.04. The van der Waals surface area contributed by atoms with E-state index in [4.69, 9.17) is 4.74 Å². The van der Waals surface area contributed by atoms with Crippen LogP contribution in [0.4, 0.5) is 0 Å². The van der Waals surface area contributed by atoms with E-state index in [9.17, 15) is 5.11 Å². The highest BCUT2D eigenvalue weighted by Gasteiger charge is 2.38. The molecule has 94 valence electrons. The lowest BCUT2D eigenvalue weighted by atomic mass is 9.84. The average molecular weight is 227 g/mol. The van der Waals surface area contributed by atoms with Crippen molar-refractivity contribution in [2.24, 2.45) is 5.92 Å². The molecule has 0 heterocycles. The molecule has 2 aliphatic carbocycles. The summed E-state index contributed by atoms with van der Waals surface area (Å²) in [6.07, 6.45) is 5.81. The molecule has 2 aliphatic rings. The first-order chi connectivity index (χ1) is 7.72. The van der Waals surface area contributed by atoms with Crippen LogP contribution in [-0.4, -0.2) is 48.5 Å². The number of aliphatic hydroxyl groups excluding tert-OH is 1. The zero-order valence-corrected chi connectivity index (χ0v) is 10.6. The maximum atomic E-state index is 10.2. The van der Waals surface area contributed by atoms with E-state index in [1.165, 1.54) is 19.3 Å². The smallest absolute Gasteiger partial charge is 0.0695 e. The Morgan fingerprint density at radius 1 is 1.25 bits per heavy atom. The van der Waals surface area contributed by atoms with E-state index in [-0.39, 0.29) is 6.10 Å². The van der Waals surface area contributed by atoms with E-state index in [0.29, 0.717) is 6.04 Å². The van der Waals surface area contributed by atoms with Crippen LogP contribution in [0, 0.1) is 5.92 Å². The number of hydrogen-bond donors (Lipinski definition) is 1. The van der Waals surface area contributed by atoms with Gasteiger partial charge in [-0.05, 0) is 38.0 Å². The summed E-state index contributed by atoms with van der Waals surface area (Å²) in [6.45, 7) is 4.07. The van der Waals surface area contributed by atoms with E-state index in [2.05, 4.69) is 11.8 Å². The summed E-state index contributed by atoms with van der Waals surface area (Å²) in [7, 11) is 1.75. The molecule has 0 saturated heterocycles. The molecule has 3 heteroatoms. The Hall–Kier alpha value is -0.120. The Bertz CT molecular complexity index is 218. The molecule has 2 saturated carbocycles. The van der Waals surface area contributed by atoms with Gasteiger partial charge in [0, 0.05) is 25.7 Å². The number of nitrogens with zero attached hydrogens (tertiary/aromatic N) is 1. The molecule has 0 aromatic heterocycles. The summed E-state index contributed by atoms with van der Waals surface area (Å²) < 4.78 is 5.18. The molecule has 16 heavy (non-hydrogen) atoms. The van der Waals surface area contributed by atoms with Crippen LogP contribution in [0.1, 0.15) is 39.0 Å². The minimum absolute atomic E-state index is 0.117. The van der Waals surface area contributed by atoms with Gasteiger partial charge in [0.05, 0.1) is 12.7 Å². The normalized spacial score (nSPS) is 35.6. The van der Waals surface area contributed by atoms with Crippen molar-refractivity contribution in [2.45, 2.75) is 57.2 Å². The topological polar surface area (TPSA) is 32.7 Å². The lowest BCUT2D eigenvalue weighted by Gasteiger charge is -2.40. The summed E-state index contributed by atoms with van der Waals surface area (Å²) in [5.74, 6) is 0.761. The van der Waals surface area contributed by atoms with Gasteiger partial charge in [0.15, 0.2) is 0 Å². The summed E-state index contributed by atoms with van der Waals surface area (Å²) in [5, 5.41) is 10.2. The van der Waals surface area contributed by atoms with Crippen LogP contribution >= 0.6 is 0 Å². The van der Waals surface area contributed by atoms with E-state index >= 15 is 0 Å². The van der Waals surface area contributed by atoms with Crippen molar-refractivity contribution in [1.29, 1.82) is 0 Å². The van der Waals surface area contributed by atoms with Gasteiger partial charge in [0.2, 0.25) is 0 Å². The summed E-state index contributed by atoms with van der Waals surface area (Å²) in [4.78, 5) is 2.50. The van der Waals surface area contributed by atoms with Gasteiger partial charge >= 0.3 is 0 Å². The van der Waals surface area contributed by atoms with Gasteiger partial charge in [-0.25, -0.2) is 0 Å². The maximum Gasteiger partial charge on any atom is 0.0695 e. The Morgan fingerprint density at radius 2 is 2.00 bits per heavy atom. The molecule has 0 bridgehead atoms. The summed E-state index contributed by atoms with van der Waals surface area (Å²) in [5.41, 5.74) is 0. The second kappa shape index (κ2) is 5.48. The second-order valence-electron chi connectivity index (χ2n) is 5.51. The van der Waals surface area contributed by atoms with Crippen molar-refractivity contribution >= 4 is 0 Å². The van der Waals surface area contributed by atoms with E-state index in [0.717, 1.165) is 38.0 Å². The van der Waals surface area contributed by atoms with Crippen LogP contribution in [0.15, 0.2) is 0 Å². The molecule has 0 aromatic carbocycles. The highest BCUT2D eigenvalue weighted by molar-refractivity contribution is 4.93. The fraction of sp³-hybridized carbons (Fsp3) is 1.00. The number of rotatable bonds is 5. The lowest BCUT2D eigenvalue weighted by molar-refractivity contribution is -0.00772. The summed E-state index contributed by atoms with van der Waals surface area (Å²) >= 11 is 0. The van der Waals surface area contributed by atoms with E-state index in [1.54, 1.807) is 7.11 Å². The third-order valence-electron chi connectivity index (χ3n) is 4.04. The zero-order valence-electron chi connectivity index (χ0n) is 10.6. The molecule has 3 nitrogen and oxygen atoms in total. The van der Waals surface area contributed by atoms with Crippen molar-refractivity contribution in [3.63, 3.8) is 0 Å². The number of ether oxygens (including phenoxy) is 1. The Labute approximate surface area is 98.8 Å². The Kier molecular flexibility index (Phi) is 4.22. The van der Waals surface area contributed by atoms with Crippen molar-refractivity contribution < 1.29 is 9.84 Å². The van der Waals surface area contributed by atoms with Gasteiger partial charge in [-0.1, -0.05) is 6.92 Å². The fourth-order valence-corrected chi connectivity index (χ4v) is 2.91. The minimum atomic E-state index is -0.117.